The van der Waals surface area contributed by atoms with Gasteiger partial charge < -0.3 is 14.5 Å². The van der Waals surface area contributed by atoms with Crippen LogP contribution in [0.4, 0.5) is 0 Å². The summed E-state index contributed by atoms with van der Waals surface area (Å²) >= 11 is 6.14. The van der Waals surface area contributed by atoms with Crippen LogP contribution in [-0.2, 0) is 0 Å². The largest absolute Gasteiger partial charge is 0.497 e. The van der Waals surface area contributed by atoms with Crippen LogP contribution in [0.5, 0.6) is 5.75 Å². The maximum atomic E-state index is 12.7. The van der Waals surface area contributed by atoms with Crippen LogP contribution >= 0.6 is 11.6 Å². The molecule has 1 aliphatic heterocycles. The Kier molecular flexibility index (Phi) is 5.78. The zero-order valence-corrected chi connectivity index (χ0v) is 15.4. The van der Waals surface area contributed by atoms with Crippen molar-refractivity contribution >= 4 is 23.4 Å². The van der Waals surface area contributed by atoms with E-state index in [4.69, 9.17) is 16.3 Å². The molecule has 1 fully saturated rings. The van der Waals surface area contributed by atoms with Crippen molar-refractivity contribution in [3.8, 4) is 5.75 Å². The number of rotatable bonds is 3. The standard InChI is InChI=1S/C20H21ClN2O3/c1-26-16-9-7-15(8-10-16)19(24)22-11-4-12-23(14-13-22)20(25)17-5-2-3-6-18(17)21/h2-3,5-10H,4,11-14H2,1H3. The number of nitrogens with zero attached hydrogens (tertiary/aromatic N) is 2. The highest BCUT2D eigenvalue weighted by atomic mass is 35.5. The molecule has 0 unspecified atom stereocenters. The van der Waals surface area contributed by atoms with E-state index in [1.54, 1.807) is 65.4 Å². The molecule has 2 aromatic carbocycles. The summed E-state index contributed by atoms with van der Waals surface area (Å²) in [5, 5.41) is 0.452. The van der Waals surface area contributed by atoms with Gasteiger partial charge in [-0.15, -0.1) is 0 Å². The molecule has 2 aromatic rings. The minimum absolute atomic E-state index is 0.0281. The van der Waals surface area contributed by atoms with Crippen molar-refractivity contribution < 1.29 is 14.3 Å². The van der Waals surface area contributed by atoms with E-state index in [9.17, 15) is 9.59 Å². The third kappa shape index (κ3) is 3.99. The lowest BCUT2D eigenvalue weighted by atomic mass is 10.2. The Morgan fingerprint density at radius 2 is 1.50 bits per heavy atom. The average Bonchev–Trinajstić information content (AvgIpc) is 2.93. The van der Waals surface area contributed by atoms with Crippen molar-refractivity contribution in [1.29, 1.82) is 0 Å². The van der Waals surface area contributed by atoms with E-state index in [2.05, 4.69) is 0 Å². The summed E-state index contributed by atoms with van der Waals surface area (Å²) in [7, 11) is 1.59. The summed E-state index contributed by atoms with van der Waals surface area (Å²) in [6, 6.07) is 14.1. The second kappa shape index (κ2) is 8.23. The van der Waals surface area contributed by atoms with Crippen LogP contribution in [0.3, 0.4) is 0 Å². The number of amides is 2. The van der Waals surface area contributed by atoms with E-state index in [0.29, 0.717) is 48.1 Å². The number of hydrogen-bond donors (Lipinski definition) is 0. The lowest BCUT2D eigenvalue weighted by molar-refractivity contribution is 0.0719. The van der Waals surface area contributed by atoms with E-state index < -0.39 is 0 Å². The SMILES string of the molecule is COc1ccc(C(=O)N2CCCN(C(=O)c3ccccc3Cl)CC2)cc1. The second-order valence-electron chi connectivity index (χ2n) is 6.15. The number of carbonyl (C=O) groups excluding carboxylic acids is 2. The fraction of sp³-hybridized carbons (Fsp3) is 0.300. The van der Waals surface area contributed by atoms with Gasteiger partial charge in [-0.05, 0) is 42.8 Å². The molecule has 6 heteroatoms. The molecule has 0 saturated carbocycles. The first-order valence-electron chi connectivity index (χ1n) is 8.57. The van der Waals surface area contributed by atoms with E-state index in [-0.39, 0.29) is 11.8 Å². The Morgan fingerprint density at radius 1 is 0.885 bits per heavy atom. The molecule has 1 aliphatic rings. The first kappa shape index (κ1) is 18.3. The normalized spacial score (nSPS) is 14.7. The van der Waals surface area contributed by atoms with Gasteiger partial charge in [0, 0.05) is 31.7 Å². The summed E-state index contributed by atoms with van der Waals surface area (Å²) in [6.07, 6.45) is 0.734. The van der Waals surface area contributed by atoms with Gasteiger partial charge >= 0.3 is 0 Å². The van der Waals surface area contributed by atoms with Crippen LogP contribution in [0.1, 0.15) is 27.1 Å². The highest BCUT2D eigenvalue weighted by Crippen LogP contribution is 2.19. The van der Waals surface area contributed by atoms with Gasteiger partial charge in [-0.25, -0.2) is 0 Å². The average molecular weight is 373 g/mol. The van der Waals surface area contributed by atoms with Gasteiger partial charge in [0.05, 0.1) is 17.7 Å². The van der Waals surface area contributed by atoms with E-state index in [1.807, 2.05) is 0 Å². The molecule has 0 atom stereocenters. The van der Waals surface area contributed by atoms with Crippen molar-refractivity contribution in [3.05, 3.63) is 64.7 Å². The number of benzene rings is 2. The van der Waals surface area contributed by atoms with Crippen LogP contribution in [0, 0.1) is 0 Å². The molecule has 2 amide bonds. The lowest BCUT2D eigenvalue weighted by Gasteiger charge is -2.22. The predicted octanol–water partition coefficient (Wildman–Crippen LogP) is 3.34. The minimum atomic E-state index is -0.0886. The molecule has 0 aliphatic carbocycles. The van der Waals surface area contributed by atoms with Crippen LogP contribution in [-0.4, -0.2) is 54.9 Å². The molecule has 1 saturated heterocycles. The van der Waals surface area contributed by atoms with Crippen LogP contribution in [0.25, 0.3) is 0 Å². The van der Waals surface area contributed by atoms with Crippen molar-refractivity contribution in [3.63, 3.8) is 0 Å². The van der Waals surface area contributed by atoms with E-state index in [0.717, 1.165) is 6.42 Å². The third-order valence-corrected chi connectivity index (χ3v) is 4.84. The Morgan fingerprint density at radius 3 is 2.12 bits per heavy atom. The molecule has 0 radical (unpaired) electrons. The maximum absolute atomic E-state index is 12.7. The number of hydrogen-bond acceptors (Lipinski definition) is 3. The smallest absolute Gasteiger partial charge is 0.255 e. The van der Waals surface area contributed by atoms with Gasteiger partial charge in [-0.3, -0.25) is 9.59 Å². The zero-order chi connectivity index (χ0) is 18.5. The number of carbonyl (C=O) groups is 2. The fourth-order valence-electron chi connectivity index (χ4n) is 3.04. The fourth-order valence-corrected chi connectivity index (χ4v) is 3.26. The summed E-state index contributed by atoms with van der Waals surface area (Å²) in [5.74, 6) is 0.600. The minimum Gasteiger partial charge on any atom is -0.497 e. The summed E-state index contributed by atoms with van der Waals surface area (Å²) in [6.45, 7) is 2.22. The summed E-state index contributed by atoms with van der Waals surface area (Å²) < 4.78 is 5.13. The molecule has 0 aromatic heterocycles. The molecule has 0 bridgehead atoms. The number of methoxy groups -OCH3 is 1. The highest BCUT2D eigenvalue weighted by molar-refractivity contribution is 6.33. The van der Waals surface area contributed by atoms with E-state index in [1.165, 1.54) is 0 Å². The Balaban J connectivity index is 1.67. The predicted molar refractivity (Wildman–Crippen MR) is 101 cm³/mol. The Bertz CT molecular complexity index is 792. The molecule has 0 spiro atoms. The molecule has 3 rings (SSSR count). The number of ether oxygens (including phenoxy) is 1. The Hall–Kier alpha value is -2.53. The Labute approximate surface area is 158 Å². The quantitative estimate of drug-likeness (QED) is 0.830. The zero-order valence-electron chi connectivity index (χ0n) is 14.7. The monoisotopic (exact) mass is 372 g/mol. The summed E-state index contributed by atoms with van der Waals surface area (Å²) in [5.41, 5.74) is 1.13. The molecule has 1 heterocycles. The van der Waals surface area contributed by atoms with Crippen molar-refractivity contribution in [2.45, 2.75) is 6.42 Å². The number of halogens is 1. The lowest BCUT2D eigenvalue weighted by Crippen LogP contribution is -2.37. The van der Waals surface area contributed by atoms with Crippen molar-refractivity contribution in [2.24, 2.45) is 0 Å². The van der Waals surface area contributed by atoms with Gasteiger partial charge in [0.2, 0.25) is 0 Å². The molecule has 136 valence electrons. The maximum Gasteiger partial charge on any atom is 0.255 e. The van der Waals surface area contributed by atoms with Crippen LogP contribution in [0.15, 0.2) is 48.5 Å². The second-order valence-corrected chi connectivity index (χ2v) is 6.55. The topological polar surface area (TPSA) is 49.9 Å². The molecule has 26 heavy (non-hydrogen) atoms. The third-order valence-electron chi connectivity index (χ3n) is 4.51. The highest BCUT2D eigenvalue weighted by Gasteiger charge is 2.24. The molecular formula is C20H21ClN2O3. The van der Waals surface area contributed by atoms with E-state index >= 15 is 0 Å². The van der Waals surface area contributed by atoms with Crippen LogP contribution in [0.2, 0.25) is 5.02 Å². The molecule has 5 nitrogen and oxygen atoms in total. The first-order valence-corrected chi connectivity index (χ1v) is 8.95. The van der Waals surface area contributed by atoms with Gasteiger partial charge in [-0.1, -0.05) is 23.7 Å². The van der Waals surface area contributed by atoms with Gasteiger partial charge in [-0.2, -0.15) is 0 Å². The van der Waals surface area contributed by atoms with Gasteiger partial charge in [0.15, 0.2) is 0 Å². The summed E-state index contributed by atoms with van der Waals surface area (Å²) in [4.78, 5) is 29.0. The van der Waals surface area contributed by atoms with Crippen LogP contribution < -0.4 is 4.74 Å². The van der Waals surface area contributed by atoms with Crippen molar-refractivity contribution in [1.82, 2.24) is 9.80 Å². The van der Waals surface area contributed by atoms with Gasteiger partial charge in [0.1, 0.15) is 5.75 Å². The molecule has 0 N–H and O–H groups in total. The first-order chi connectivity index (χ1) is 12.6. The van der Waals surface area contributed by atoms with Gasteiger partial charge in [0.25, 0.3) is 11.8 Å². The van der Waals surface area contributed by atoms with Crippen molar-refractivity contribution in [2.75, 3.05) is 33.3 Å². The molecular weight excluding hydrogens is 352 g/mol.